The quantitative estimate of drug-likeness (QED) is 0.740. The van der Waals surface area contributed by atoms with Crippen molar-refractivity contribution in [3.63, 3.8) is 0 Å². The molecule has 0 spiro atoms. The first-order valence-electron chi connectivity index (χ1n) is 4.96. The van der Waals surface area contributed by atoms with Gasteiger partial charge in [0.05, 0.1) is 5.69 Å². The van der Waals surface area contributed by atoms with Gasteiger partial charge in [0.15, 0.2) is 0 Å². The van der Waals surface area contributed by atoms with E-state index in [2.05, 4.69) is 10.2 Å². The van der Waals surface area contributed by atoms with Crippen molar-refractivity contribution in [3.8, 4) is 0 Å². The molecule has 1 aromatic carbocycles. The van der Waals surface area contributed by atoms with Gasteiger partial charge in [0.1, 0.15) is 0 Å². The molecule has 84 valence electrons. The summed E-state index contributed by atoms with van der Waals surface area (Å²) in [5.41, 5.74) is 0.466. The maximum absolute atomic E-state index is 11.8. The Morgan fingerprint density at radius 2 is 1.76 bits per heavy atom. The summed E-state index contributed by atoms with van der Waals surface area (Å²) in [4.78, 5) is 24.5. The van der Waals surface area contributed by atoms with Crippen LogP contribution in [0.3, 0.4) is 0 Å². The smallest absolute Gasteiger partial charge is 0.269 e. The van der Waals surface area contributed by atoms with Crippen LogP contribution in [0.5, 0.6) is 0 Å². The van der Waals surface area contributed by atoms with Gasteiger partial charge in [-0.15, -0.1) is 0 Å². The van der Waals surface area contributed by atoms with Crippen molar-refractivity contribution in [2.75, 3.05) is 4.90 Å². The molecule has 3 amide bonds. The molecule has 0 N–H and O–H groups in total. The highest BCUT2D eigenvalue weighted by molar-refractivity contribution is 6.18. The van der Waals surface area contributed by atoms with Crippen molar-refractivity contribution in [1.82, 2.24) is 0 Å². The lowest BCUT2D eigenvalue weighted by Gasteiger charge is -2.15. The molecule has 0 radical (unpaired) electrons. The topological polar surface area (TPSA) is 62.1 Å². The molecule has 0 atom stereocenters. The zero-order valence-corrected chi connectivity index (χ0v) is 8.85. The number of hydrogen-bond donors (Lipinski definition) is 0. The largest absolute Gasteiger partial charge is 0.373 e. The maximum Gasteiger partial charge on any atom is 0.373 e. The van der Waals surface area contributed by atoms with Crippen LogP contribution in [-0.2, 0) is 4.79 Å². The molecule has 2 rings (SSSR count). The first kappa shape index (κ1) is 10.9. The fraction of sp³-hybridized carbons (Fsp3) is 0. The Hall–Kier alpha value is -2.56. The molecule has 1 aliphatic rings. The Morgan fingerprint density at radius 3 is 2.53 bits per heavy atom. The van der Waals surface area contributed by atoms with Crippen LogP contribution >= 0.6 is 0 Å². The van der Waals surface area contributed by atoms with E-state index in [9.17, 15) is 9.59 Å². The molecule has 0 bridgehead atoms. The standard InChI is InChI=1S/C12H9N3O2/c16-11-8-4-5-9-13-14-12(17)15(11)10-6-2-1-3-7-10/h1-9H/b8-4-,9-5-,14-13?. The fourth-order valence-corrected chi connectivity index (χ4v) is 1.34. The number of azo groups is 1. The average molecular weight is 227 g/mol. The highest BCUT2D eigenvalue weighted by Crippen LogP contribution is 2.15. The van der Waals surface area contributed by atoms with E-state index in [-0.39, 0.29) is 0 Å². The number of hydrogen-bond acceptors (Lipinski definition) is 3. The van der Waals surface area contributed by atoms with Gasteiger partial charge in [-0.25, -0.2) is 9.69 Å². The van der Waals surface area contributed by atoms with E-state index in [1.807, 2.05) is 0 Å². The summed E-state index contributed by atoms with van der Waals surface area (Å²) in [5, 5.41) is 6.95. The van der Waals surface area contributed by atoms with Crippen LogP contribution in [0.15, 0.2) is 65.0 Å². The molecule has 1 heterocycles. The van der Waals surface area contributed by atoms with Gasteiger partial charge < -0.3 is 0 Å². The van der Waals surface area contributed by atoms with Gasteiger partial charge in [-0.3, -0.25) is 4.79 Å². The van der Waals surface area contributed by atoms with Crippen LogP contribution in [-0.4, -0.2) is 11.9 Å². The van der Waals surface area contributed by atoms with Crippen molar-refractivity contribution < 1.29 is 9.59 Å². The molecular formula is C12H9N3O2. The molecule has 0 fully saturated rings. The van der Waals surface area contributed by atoms with Gasteiger partial charge in [0, 0.05) is 12.3 Å². The Labute approximate surface area is 97.8 Å². The van der Waals surface area contributed by atoms with Gasteiger partial charge in [-0.1, -0.05) is 29.4 Å². The van der Waals surface area contributed by atoms with Crippen LogP contribution in [0.2, 0.25) is 0 Å². The fourth-order valence-electron chi connectivity index (χ4n) is 1.34. The van der Waals surface area contributed by atoms with E-state index in [4.69, 9.17) is 0 Å². The van der Waals surface area contributed by atoms with E-state index in [0.29, 0.717) is 5.69 Å². The van der Waals surface area contributed by atoms with E-state index < -0.39 is 11.9 Å². The van der Waals surface area contributed by atoms with Crippen molar-refractivity contribution >= 4 is 17.6 Å². The summed E-state index contributed by atoms with van der Waals surface area (Å²) < 4.78 is 0. The number of para-hydroxylation sites is 1. The number of carbonyl (C=O) groups excluding carboxylic acids is 2. The van der Waals surface area contributed by atoms with Crippen LogP contribution in [0.25, 0.3) is 0 Å². The number of imide groups is 1. The summed E-state index contributed by atoms with van der Waals surface area (Å²) in [6, 6.07) is 7.88. The van der Waals surface area contributed by atoms with Crippen LogP contribution in [0.4, 0.5) is 10.5 Å². The Morgan fingerprint density at radius 1 is 1.00 bits per heavy atom. The second-order valence-corrected chi connectivity index (χ2v) is 3.21. The molecule has 0 saturated carbocycles. The predicted octanol–water partition coefficient (Wildman–Crippen LogP) is 2.68. The zero-order chi connectivity index (χ0) is 12.1. The number of urea groups is 1. The van der Waals surface area contributed by atoms with Crippen molar-refractivity contribution in [2.45, 2.75) is 0 Å². The first-order chi connectivity index (χ1) is 8.29. The maximum atomic E-state index is 11.8. The molecule has 5 heteroatoms. The number of benzene rings is 1. The van der Waals surface area contributed by atoms with Gasteiger partial charge in [0.2, 0.25) is 0 Å². The van der Waals surface area contributed by atoms with Crippen LogP contribution in [0.1, 0.15) is 0 Å². The highest BCUT2D eigenvalue weighted by atomic mass is 16.2. The number of nitrogens with zero attached hydrogens (tertiary/aromatic N) is 3. The van der Waals surface area contributed by atoms with E-state index in [0.717, 1.165) is 4.90 Å². The monoisotopic (exact) mass is 227 g/mol. The minimum Gasteiger partial charge on any atom is -0.269 e. The normalized spacial score (nSPS) is 19.4. The third-order valence-corrected chi connectivity index (χ3v) is 2.07. The predicted molar refractivity (Wildman–Crippen MR) is 62.5 cm³/mol. The minimum atomic E-state index is -0.711. The molecule has 0 saturated heterocycles. The number of carbonyl (C=O) groups is 2. The highest BCUT2D eigenvalue weighted by Gasteiger charge is 2.21. The second-order valence-electron chi connectivity index (χ2n) is 3.21. The third-order valence-electron chi connectivity index (χ3n) is 2.07. The van der Waals surface area contributed by atoms with E-state index >= 15 is 0 Å². The molecule has 5 nitrogen and oxygen atoms in total. The molecule has 1 aliphatic heterocycles. The van der Waals surface area contributed by atoms with E-state index in [1.54, 1.807) is 30.3 Å². The number of amides is 3. The van der Waals surface area contributed by atoms with Gasteiger partial charge in [0.25, 0.3) is 5.91 Å². The number of anilines is 1. The van der Waals surface area contributed by atoms with Crippen LogP contribution in [0, 0.1) is 0 Å². The van der Waals surface area contributed by atoms with Gasteiger partial charge in [-0.2, -0.15) is 5.11 Å². The average Bonchev–Trinajstić information content (AvgIpc) is 2.42. The summed E-state index contributed by atoms with van der Waals surface area (Å²) in [6.45, 7) is 0. The lowest BCUT2D eigenvalue weighted by Crippen LogP contribution is -2.33. The molecule has 0 unspecified atom stereocenters. The molecule has 17 heavy (non-hydrogen) atoms. The van der Waals surface area contributed by atoms with Gasteiger partial charge in [-0.05, 0) is 18.2 Å². The molecule has 1 aromatic rings. The third kappa shape index (κ3) is 2.52. The number of rotatable bonds is 1. The first-order valence-corrected chi connectivity index (χ1v) is 4.96. The summed E-state index contributed by atoms with van der Waals surface area (Å²) >= 11 is 0. The Balaban J connectivity index is 2.42. The summed E-state index contributed by atoms with van der Waals surface area (Å²) in [5.74, 6) is -0.452. The zero-order valence-electron chi connectivity index (χ0n) is 8.85. The van der Waals surface area contributed by atoms with Gasteiger partial charge >= 0.3 is 6.03 Å². The minimum absolute atomic E-state index is 0.452. The molecule has 0 aromatic heterocycles. The Kier molecular flexibility index (Phi) is 3.20. The van der Waals surface area contributed by atoms with Crippen molar-refractivity contribution in [1.29, 1.82) is 0 Å². The van der Waals surface area contributed by atoms with Crippen molar-refractivity contribution in [3.05, 3.63) is 54.8 Å². The SMILES string of the molecule is O=C1/C=C\C=C/N=NC(=O)N1c1ccccc1. The molecular weight excluding hydrogens is 218 g/mol. The second kappa shape index (κ2) is 4.98. The summed E-state index contributed by atoms with van der Waals surface area (Å²) in [6.07, 6.45) is 5.67. The lowest BCUT2D eigenvalue weighted by atomic mass is 10.3. The number of allylic oxidation sites excluding steroid dienone is 2. The van der Waals surface area contributed by atoms with Crippen LogP contribution < -0.4 is 4.90 Å². The van der Waals surface area contributed by atoms with Crippen molar-refractivity contribution in [2.24, 2.45) is 10.2 Å². The summed E-state index contributed by atoms with van der Waals surface area (Å²) in [7, 11) is 0. The Bertz CT molecular complexity index is 490. The molecule has 0 aliphatic carbocycles. The lowest BCUT2D eigenvalue weighted by molar-refractivity contribution is -0.113. The van der Waals surface area contributed by atoms with E-state index in [1.165, 1.54) is 24.4 Å².